The molecule has 0 atom stereocenters. The monoisotopic (exact) mass is 169 g/mol. The Labute approximate surface area is 64.7 Å². The van der Waals surface area contributed by atoms with E-state index in [-0.39, 0.29) is 4.90 Å². The Morgan fingerprint density at radius 3 is 2.64 bits per heavy atom. The first kappa shape index (κ1) is 6.82. The lowest BCUT2D eigenvalue weighted by Crippen LogP contribution is -1.94. The van der Waals surface area contributed by atoms with Crippen LogP contribution in [0.15, 0.2) is 29.2 Å². The molecule has 1 aromatic rings. The van der Waals surface area contributed by atoms with Crippen LogP contribution in [0.1, 0.15) is 5.56 Å². The molecule has 0 aliphatic carbocycles. The number of hydrogen-bond acceptors (Lipinski definition) is 3. The van der Waals surface area contributed by atoms with Crippen molar-refractivity contribution in [2.45, 2.75) is 4.90 Å². The Hall–Kier alpha value is -0.870. The fraction of sp³-hybridized carbons (Fsp3) is 0. The van der Waals surface area contributed by atoms with E-state index in [0.29, 0.717) is 5.56 Å². The number of hydrogen-bond donors (Lipinski definition) is 0. The van der Waals surface area contributed by atoms with Crippen LogP contribution in [0.5, 0.6) is 0 Å². The minimum Gasteiger partial charge on any atom is -0.255 e. The maximum atomic E-state index is 11.0. The summed E-state index contributed by atoms with van der Waals surface area (Å²) in [6, 6.07) is 6.65. The van der Waals surface area contributed by atoms with Crippen molar-refractivity contribution in [1.29, 1.82) is 0 Å². The van der Waals surface area contributed by atoms with Crippen LogP contribution in [0, 0.1) is 6.61 Å². The fourth-order valence-corrected chi connectivity index (χ4v) is 1.96. The standard InChI is InChI=1S/C7H5O3S/c8-11(9)7-4-2-1-3-6(7)5-10-11/h1-5H. The minimum absolute atomic E-state index is 0.250. The Morgan fingerprint density at radius 2 is 1.91 bits per heavy atom. The molecule has 2 rings (SSSR count). The van der Waals surface area contributed by atoms with E-state index < -0.39 is 10.1 Å². The topological polar surface area (TPSA) is 43.4 Å². The highest BCUT2D eigenvalue weighted by Crippen LogP contribution is 2.27. The largest absolute Gasteiger partial charge is 0.298 e. The van der Waals surface area contributed by atoms with E-state index in [2.05, 4.69) is 4.18 Å². The molecule has 11 heavy (non-hydrogen) atoms. The second kappa shape index (κ2) is 2.06. The molecular formula is C7H5O3S. The molecule has 0 amide bonds. The zero-order valence-corrected chi connectivity index (χ0v) is 6.34. The fourth-order valence-electron chi connectivity index (χ4n) is 0.973. The second-order valence-corrected chi connectivity index (χ2v) is 3.75. The zero-order valence-electron chi connectivity index (χ0n) is 5.52. The van der Waals surface area contributed by atoms with Crippen LogP contribution >= 0.6 is 0 Å². The molecule has 1 aliphatic heterocycles. The summed E-state index contributed by atoms with van der Waals surface area (Å²) in [5.41, 5.74) is 0.618. The molecule has 0 aromatic heterocycles. The third-order valence-electron chi connectivity index (χ3n) is 1.49. The van der Waals surface area contributed by atoms with Gasteiger partial charge < -0.3 is 0 Å². The van der Waals surface area contributed by atoms with Crippen LogP contribution in [-0.4, -0.2) is 8.42 Å². The van der Waals surface area contributed by atoms with E-state index >= 15 is 0 Å². The molecule has 1 radical (unpaired) electrons. The van der Waals surface area contributed by atoms with Gasteiger partial charge in [-0.25, -0.2) is 0 Å². The lowest BCUT2D eigenvalue weighted by atomic mass is 10.2. The van der Waals surface area contributed by atoms with Crippen LogP contribution in [-0.2, 0) is 14.3 Å². The first-order valence-electron chi connectivity index (χ1n) is 3.06. The summed E-state index contributed by atoms with van der Waals surface area (Å²) in [4.78, 5) is 0.250. The van der Waals surface area contributed by atoms with E-state index in [1.807, 2.05) is 0 Å². The third-order valence-corrected chi connectivity index (χ3v) is 2.75. The summed E-state index contributed by atoms with van der Waals surface area (Å²) in [6.07, 6.45) is 0. The molecule has 3 nitrogen and oxygen atoms in total. The van der Waals surface area contributed by atoms with Gasteiger partial charge in [-0.2, -0.15) is 8.42 Å². The predicted molar refractivity (Wildman–Crippen MR) is 38.1 cm³/mol. The van der Waals surface area contributed by atoms with E-state index in [1.165, 1.54) is 12.7 Å². The van der Waals surface area contributed by atoms with Crippen LogP contribution in [0.4, 0.5) is 0 Å². The molecule has 1 heterocycles. The molecular weight excluding hydrogens is 164 g/mol. The highest BCUT2D eigenvalue weighted by molar-refractivity contribution is 7.87. The quantitative estimate of drug-likeness (QED) is 0.542. The van der Waals surface area contributed by atoms with Gasteiger partial charge in [0.25, 0.3) is 10.1 Å². The summed E-state index contributed by atoms with van der Waals surface area (Å²) in [5.74, 6) is 0. The lowest BCUT2D eigenvalue weighted by Gasteiger charge is -1.91. The Kier molecular flexibility index (Phi) is 1.27. The maximum absolute atomic E-state index is 11.0. The molecule has 0 saturated carbocycles. The van der Waals surface area contributed by atoms with E-state index in [9.17, 15) is 8.42 Å². The molecule has 0 saturated heterocycles. The van der Waals surface area contributed by atoms with E-state index in [4.69, 9.17) is 0 Å². The smallest absolute Gasteiger partial charge is 0.255 e. The van der Waals surface area contributed by atoms with Crippen LogP contribution in [0.3, 0.4) is 0 Å². The third kappa shape index (κ3) is 0.948. The zero-order chi connectivity index (χ0) is 7.90. The van der Waals surface area contributed by atoms with Crippen LogP contribution < -0.4 is 0 Å². The first-order chi connectivity index (χ1) is 5.20. The normalized spacial score (nSPS) is 19.6. The van der Waals surface area contributed by atoms with Gasteiger partial charge in [0.15, 0.2) is 0 Å². The van der Waals surface area contributed by atoms with Crippen LogP contribution in [0.25, 0.3) is 0 Å². The summed E-state index contributed by atoms with van der Waals surface area (Å²) < 4.78 is 26.5. The number of benzene rings is 1. The average molecular weight is 169 g/mol. The number of fused-ring (bicyclic) bond motifs is 1. The summed E-state index contributed by atoms with van der Waals surface area (Å²) in [7, 11) is -3.46. The first-order valence-corrected chi connectivity index (χ1v) is 4.46. The molecule has 0 N–H and O–H groups in total. The van der Waals surface area contributed by atoms with Gasteiger partial charge in [-0.3, -0.25) is 4.18 Å². The summed E-state index contributed by atoms with van der Waals surface area (Å²) in [5, 5.41) is 0. The molecule has 0 unspecified atom stereocenters. The van der Waals surface area contributed by atoms with Gasteiger partial charge in [-0.1, -0.05) is 18.2 Å². The summed E-state index contributed by atoms with van der Waals surface area (Å²) in [6.45, 7) is 1.24. The van der Waals surface area contributed by atoms with Gasteiger partial charge in [0.2, 0.25) is 0 Å². The minimum atomic E-state index is -3.46. The maximum Gasteiger partial charge on any atom is 0.298 e. The van der Waals surface area contributed by atoms with Gasteiger partial charge in [-0.15, -0.1) is 0 Å². The van der Waals surface area contributed by atoms with Crippen molar-refractivity contribution in [3.8, 4) is 0 Å². The van der Waals surface area contributed by atoms with Crippen molar-refractivity contribution in [2.75, 3.05) is 0 Å². The molecule has 57 valence electrons. The van der Waals surface area contributed by atoms with Crippen molar-refractivity contribution in [3.63, 3.8) is 0 Å². The lowest BCUT2D eigenvalue weighted by molar-refractivity contribution is 0.426. The van der Waals surface area contributed by atoms with Crippen molar-refractivity contribution in [3.05, 3.63) is 36.4 Å². The Bertz CT molecular complexity index is 380. The van der Waals surface area contributed by atoms with E-state index in [0.717, 1.165) is 0 Å². The predicted octanol–water partition coefficient (Wildman–Crippen LogP) is 0.915. The Morgan fingerprint density at radius 1 is 1.18 bits per heavy atom. The van der Waals surface area contributed by atoms with Gasteiger partial charge in [0.1, 0.15) is 11.5 Å². The SMILES string of the molecule is O=S1(=O)O[CH]c2ccccc21. The highest BCUT2D eigenvalue weighted by Gasteiger charge is 2.26. The number of rotatable bonds is 0. The van der Waals surface area contributed by atoms with Crippen molar-refractivity contribution >= 4 is 10.1 Å². The van der Waals surface area contributed by atoms with Crippen molar-refractivity contribution in [2.24, 2.45) is 0 Å². The summed E-state index contributed by atoms with van der Waals surface area (Å²) >= 11 is 0. The van der Waals surface area contributed by atoms with E-state index in [1.54, 1.807) is 18.2 Å². The highest BCUT2D eigenvalue weighted by atomic mass is 32.2. The van der Waals surface area contributed by atoms with Gasteiger partial charge in [0.05, 0.1) is 0 Å². The molecule has 4 heteroatoms. The van der Waals surface area contributed by atoms with Crippen LogP contribution in [0.2, 0.25) is 0 Å². The average Bonchev–Trinajstić information content (AvgIpc) is 2.29. The molecule has 0 fully saturated rings. The molecule has 0 spiro atoms. The van der Waals surface area contributed by atoms with Gasteiger partial charge >= 0.3 is 0 Å². The van der Waals surface area contributed by atoms with Gasteiger partial charge in [0, 0.05) is 5.56 Å². The Balaban J connectivity index is 2.75. The molecule has 1 aromatic carbocycles. The van der Waals surface area contributed by atoms with Crippen molar-refractivity contribution < 1.29 is 12.6 Å². The van der Waals surface area contributed by atoms with Crippen molar-refractivity contribution in [1.82, 2.24) is 0 Å². The molecule has 0 bridgehead atoms. The van der Waals surface area contributed by atoms with Gasteiger partial charge in [-0.05, 0) is 6.07 Å². The second-order valence-electron chi connectivity index (χ2n) is 2.21. The molecule has 1 aliphatic rings.